The van der Waals surface area contributed by atoms with Crippen LogP contribution in [0.25, 0.3) is 0 Å². The minimum absolute atomic E-state index is 0.190. The Morgan fingerprint density at radius 3 is 2.80 bits per heavy atom. The lowest BCUT2D eigenvalue weighted by Crippen LogP contribution is -2.17. The first-order chi connectivity index (χ1) is 7.06. The number of anilines is 1. The Kier molecular flexibility index (Phi) is 3.22. The van der Waals surface area contributed by atoms with Crippen molar-refractivity contribution in [3.8, 4) is 0 Å². The number of hydrogen-bond donors (Lipinski definition) is 2. The maximum Gasteiger partial charge on any atom is 0.254 e. The molecule has 0 saturated heterocycles. The summed E-state index contributed by atoms with van der Waals surface area (Å²) in [6.45, 7) is 1.72. The lowest BCUT2D eigenvalue weighted by molar-refractivity contribution is -0.112. The van der Waals surface area contributed by atoms with Gasteiger partial charge in [0.2, 0.25) is 5.91 Å². The number of carbonyl (C=O) groups excluding carboxylic acids is 2. The quantitative estimate of drug-likeness (QED) is 0.687. The van der Waals surface area contributed by atoms with Crippen molar-refractivity contribution in [3.63, 3.8) is 0 Å². The second-order valence-corrected chi connectivity index (χ2v) is 2.88. The first kappa shape index (κ1) is 11.0. The lowest BCUT2D eigenvalue weighted by atomic mass is 10.3. The van der Waals surface area contributed by atoms with Crippen LogP contribution in [0.3, 0.4) is 0 Å². The Morgan fingerprint density at radius 1 is 1.60 bits per heavy atom. The second-order valence-electron chi connectivity index (χ2n) is 2.88. The summed E-state index contributed by atoms with van der Waals surface area (Å²) in [7, 11) is 1.61. The average Bonchev–Trinajstić information content (AvgIpc) is 2.48. The molecule has 0 saturated carbocycles. The van der Waals surface area contributed by atoms with Crippen molar-refractivity contribution >= 4 is 17.6 Å². The van der Waals surface area contributed by atoms with Gasteiger partial charge in [-0.05, 0) is 13.0 Å². The molecule has 15 heavy (non-hydrogen) atoms. The monoisotopic (exact) mass is 208 g/mol. The highest BCUT2D eigenvalue weighted by Crippen LogP contribution is 2.12. The minimum atomic E-state index is -0.626. The van der Waals surface area contributed by atoms with Crippen LogP contribution in [0, 0.1) is 0 Å². The highest BCUT2D eigenvalue weighted by molar-refractivity contribution is 6.04. The fourth-order valence-corrected chi connectivity index (χ4v) is 1.08. The highest BCUT2D eigenvalue weighted by atomic mass is 16.2. The molecule has 1 heterocycles. The first-order valence-electron chi connectivity index (χ1n) is 4.31. The van der Waals surface area contributed by atoms with Gasteiger partial charge in [0.1, 0.15) is 11.4 Å². The molecule has 0 aliphatic carbocycles. The molecule has 0 aliphatic heterocycles. The summed E-state index contributed by atoms with van der Waals surface area (Å²) in [6.07, 6.45) is 4.25. The standard InChI is InChI=1S/C9H12N4O2/c1-3-4-7(14)12-9-6(8(10)15)5-11-13(9)2/h3-5H,1-2H3,(H2,10,15)(H,12,14)/b4-3+. The summed E-state index contributed by atoms with van der Waals surface area (Å²) >= 11 is 0. The van der Waals surface area contributed by atoms with Crippen molar-refractivity contribution in [2.24, 2.45) is 12.8 Å². The van der Waals surface area contributed by atoms with E-state index < -0.39 is 5.91 Å². The average molecular weight is 208 g/mol. The summed E-state index contributed by atoms with van der Waals surface area (Å²) in [5.74, 6) is -0.659. The molecule has 0 atom stereocenters. The predicted molar refractivity (Wildman–Crippen MR) is 55.2 cm³/mol. The summed E-state index contributed by atoms with van der Waals surface area (Å²) in [6, 6.07) is 0. The van der Waals surface area contributed by atoms with Gasteiger partial charge < -0.3 is 11.1 Å². The number of nitrogens with zero attached hydrogens (tertiary/aromatic N) is 2. The summed E-state index contributed by atoms with van der Waals surface area (Å²) < 4.78 is 1.38. The maximum atomic E-state index is 11.2. The molecule has 1 rings (SSSR count). The van der Waals surface area contributed by atoms with E-state index in [1.165, 1.54) is 17.0 Å². The van der Waals surface area contributed by atoms with Gasteiger partial charge in [-0.3, -0.25) is 14.3 Å². The van der Waals surface area contributed by atoms with Crippen LogP contribution in [-0.2, 0) is 11.8 Å². The van der Waals surface area contributed by atoms with Gasteiger partial charge in [0.15, 0.2) is 0 Å². The number of nitrogens with two attached hydrogens (primary N) is 1. The van der Waals surface area contributed by atoms with Crippen molar-refractivity contribution in [3.05, 3.63) is 23.9 Å². The normalized spacial score (nSPS) is 10.5. The molecule has 6 heteroatoms. The summed E-state index contributed by atoms with van der Waals surface area (Å²) in [5, 5.41) is 6.34. The Bertz CT molecular complexity index is 420. The van der Waals surface area contributed by atoms with Crippen LogP contribution in [0.2, 0.25) is 0 Å². The number of aromatic nitrogens is 2. The third-order valence-electron chi connectivity index (χ3n) is 1.76. The number of carbonyl (C=O) groups is 2. The third kappa shape index (κ3) is 2.43. The van der Waals surface area contributed by atoms with E-state index in [2.05, 4.69) is 10.4 Å². The molecule has 3 N–H and O–H groups in total. The molecule has 0 bridgehead atoms. The van der Waals surface area contributed by atoms with Crippen LogP contribution in [-0.4, -0.2) is 21.6 Å². The predicted octanol–water partition coefficient (Wildman–Crippen LogP) is 0.0336. The molecule has 0 radical (unpaired) electrons. The van der Waals surface area contributed by atoms with Crippen LogP contribution >= 0.6 is 0 Å². The molecule has 6 nitrogen and oxygen atoms in total. The molecule has 80 valence electrons. The fourth-order valence-electron chi connectivity index (χ4n) is 1.08. The van der Waals surface area contributed by atoms with Crippen LogP contribution in [0.4, 0.5) is 5.82 Å². The van der Waals surface area contributed by atoms with E-state index in [1.54, 1.807) is 20.0 Å². The van der Waals surface area contributed by atoms with Crippen molar-refractivity contribution in [1.82, 2.24) is 9.78 Å². The SMILES string of the molecule is C/C=C/C(=O)Nc1c(C(N)=O)cnn1C. The van der Waals surface area contributed by atoms with Crippen LogP contribution in [0.5, 0.6) is 0 Å². The number of hydrogen-bond acceptors (Lipinski definition) is 3. The molecular formula is C9H12N4O2. The smallest absolute Gasteiger partial charge is 0.254 e. The molecule has 0 spiro atoms. The van der Waals surface area contributed by atoms with Crippen molar-refractivity contribution in [2.75, 3.05) is 5.32 Å². The van der Waals surface area contributed by atoms with Gasteiger partial charge in [-0.15, -0.1) is 0 Å². The molecular weight excluding hydrogens is 196 g/mol. The Morgan fingerprint density at radius 2 is 2.27 bits per heavy atom. The Balaban J connectivity index is 2.97. The van der Waals surface area contributed by atoms with Gasteiger partial charge in [-0.1, -0.05) is 6.08 Å². The van der Waals surface area contributed by atoms with Crippen LogP contribution in [0.1, 0.15) is 17.3 Å². The maximum absolute atomic E-state index is 11.2. The summed E-state index contributed by atoms with van der Waals surface area (Å²) in [5.41, 5.74) is 5.31. The van der Waals surface area contributed by atoms with E-state index in [9.17, 15) is 9.59 Å². The Labute approximate surface area is 86.8 Å². The molecule has 0 fully saturated rings. The second kappa shape index (κ2) is 4.41. The van der Waals surface area contributed by atoms with E-state index in [0.717, 1.165) is 0 Å². The van der Waals surface area contributed by atoms with Crippen LogP contribution in [0.15, 0.2) is 18.3 Å². The molecule has 0 aromatic carbocycles. The zero-order valence-electron chi connectivity index (χ0n) is 8.52. The van der Waals surface area contributed by atoms with Crippen molar-refractivity contribution in [1.29, 1.82) is 0 Å². The largest absolute Gasteiger partial charge is 0.365 e. The third-order valence-corrected chi connectivity index (χ3v) is 1.76. The van der Waals surface area contributed by atoms with E-state index in [0.29, 0.717) is 5.82 Å². The minimum Gasteiger partial charge on any atom is -0.365 e. The van der Waals surface area contributed by atoms with Crippen LogP contribution < -0.4 is 11.1 Å². The van der Waals surface area contributed by atoms with E-state index in [4.69, 9.17) is 5.73 Å². The molecule has 0 aliphatic rings. The van der Waals surface area contributed by atoms with Gasteiger partial charge in [0.25, 0.3) is 5.91 Å². The number of primary amides is 1. The first-order valence-corrected chi connectivity index (χ1v) is 4.31. The lowest BCUT2D eigenvalue weighted by Gasteiger charge is -2.03. The van der Waals surface area contributed by atoms with E-state index in [1.807, 2.05) is 0 Å². The fraction of sp³-hybridized carbons (Fsp3) is 0.222. The molecule has 2 amide bonds. The number of amides is 2. The van der Waals surface area contributed by atoms with E-state index in [-0.39, 0.29) is 11.5 Å². The van der Waals surface area contributed by atoms with Gasteiger partial charge in [-0.25, -0.2) is 0 Å². The van der Waals surface area contributed by atoms with E-state index >= 15 is 0 Å². The zero-order valence-corrected chi connectivity index (χ0v) is 8.52. The molecule has 1 aromatic heterocycles. The molecule has 0 unspecified atom stereocenters. The number of aryl methyl sites for hydroxylation is 1. The Hall–Kier alpha value is -2.11. The van der Waals surface area contributed by atoms with Gasteiger partial charge >= 0.3 is 0 Å². The highest BCUT2D eigenvalue weighted by Gasteiger charge is 2.14. The number of allylic oxidation sites excluding steroid dienone is 1. The van der Waals surface area contributed by atoms with Gasteiger partial charge in [0, 0.05) is 7.05 Å². The van der Waals surface area contributed by atoms with Gasteiger partial charge in [0.05, 0.1) is 6.20 Å². The van der Waals surface area contributed by atoms with Crippen molar-refractivity contribution < 1.29 is 9.59 Å². The zero-order chi connectivity index (χ0) is 11.4. The topological polar surface area (TPSA) is 90.0 Å². The number of nitrogens with one attached hydrogen (secondary N) is 1. The van der Waals surface area contributed by atoms with Gasteiger partial charge in [-0.2, -0.15) is 5.10 Å². The van der Waals surface area contributed by atoms with Crippen molar-refractivity contribution in [2.45, 2.75) is 6.92 Å². The summed E-state index contributed by atoms with van der Waals surface area (Å²) in [4.78, 5) is 22.2. The molecule has 1 aromatic rings. The number of rotatable bonds is 3.